The number of ether oxygens (including phenoxy) is 2. The van der Waals surface area contributed by atoms with Crippen molar-refractivity contribution in [3.05, 3.63) is 18.2 Å². The molecule has 6 heteroatoms. The summed E-state index contributed by atoms with van der Waals surface area (Å²) < 4.78 is 10.4. The van der Waals surface area contributed by atoms with Crippen LogP contribution < -0.4 is 15.8 Å². The number of phenols is 1. The molecule has 4 N–H and O–H groups in total. The smallest absolute Gasteiger partial charge is 0.232 e. The van der Waals surface area contributed by atoms with Gasteiger partial charge < -0.3 is 25.6 Å². The zero-order chi connectivity index (χ0) is 14.6. The molecule has 1 aliphatic rings. The molecule has 0 saturated carbocycles. The molecule has 1 heterocycles. The fraction of sp³-hybridized carbons (Fsp3) is 0.500. The summed E-state index contributed by atoms with van der Waals surface area (Å²) in [6.45, 7) is 1.30. The van der Waals surface area contributed by atoms with Gasteiger partial charge in [-0.25, -0.2) is 0 Å². The Morgan fingerprint density at radius 2 is 2.20 bits per heavy atom. The molecule has 0 spiro atoms. The van der Waals surface area contributed by atoms with Gasteiger partial charge in [-0.2, -0.15) is 0 Å². The third-order valence-electron chi connectivity index (χ3n) is 3.77. The van der Waals surface area contributed by atoms with Gasteiger partial charge in [0.2, 0.25) is 5.91 Å². The Labute approximate surface area is 117 Å². The second-order valence-electron chi connectivity index (χ2n) is 4.93. The van der Waals surface area contributed by atoms with Gasteiger partial charge in [0.1, 0.15) is 11.5 Å². The number of methoxy groups -OCH3 is 1. The van der Waals surface area contributed by atoms with E-state index in [9.17, 15) is 9.90 Å². The topological polar surface area (TPSA) is 93.8 Å². The van der Waals surface area contributed by atoms with Gasteiger partial charge in [0.25, 0.3) is 0 Å². The van der Waals surface area contributed by atoms with Gasteiger partial charge in [0.15, 0.2) is 0 Å². The monoisotopic (exact) mass is 280 g/mol. The van der Waals surface area contributed by atoms with Gasteiger partial charge in [-0.15, -0.1) is 0 Å². The molecular formula is C14H20N2O4. The van der Waals surface area contributed by atoms with E-state index in [0.717, 1.165) is 0 Å². The average Bonchev–Trinajstić information content (AvgIpc) is 2.50. The Morgan fingerprint density at radius 1 is 1.50 bits per heavy atom. The number of phenolic OH excluding ortho intramolecular Hbond substituents is 1. The van der Waals surface area contributed by atoms with Crippen molar-refractivity contribution in [2.24, 2.45) is 11.1 Å². The molecule has 0 aromatic heterocycles. The minimum Gasteiger partial charge on any atom is -0.506 e. The molecule has 1 fully saturated rings. The molecule has 0 bridgehead atoms. The predicted octanol–water partition coefficient (Wildman–Crippen LogP) is 1.09. The lowest BCUT2D eigenvalue weighted by molar-refractivity contribution is -0.130. The van der Waals surface area contributed by atoms with Gasteiger partial charge in [-0.3, -0.25) is 4.79 Å². The summed E-state index contributed by atoms with van der Waals surface area (Å²) in [6.07, 6.45) is 1.17. The van der Waals surface area contributed by atoms with Crippen LogP contribution in [0.5, 0.6) is 11.5 Å². The zero-order valence-electron chi connectivity index (χ0n) is 11.5. The molecule has 1 aliphatic heterocycles. The van der Waals surface area contributed by atoms with Crippen LogP contribution in [0.3, 0.4) is 0 Å². The van der Waals surface area contributed by atoms with Crippen LogP contribution in [0.2, 0.25) is 0 Å². The largest absolute Gasteiger partial charge is 0.506 e. The van der Waals surface area contributed by atoms with Crippen molar-refractivity contribution in [3.63, 3.8) is 0 Å². The van der Waals surface area contributed by atoms with Crippen molar-refractivity contribution in [2.75, 3.05) is 32.2 Å². The second-order valence-corrected chi connectivity index (χ2v) is 4.93. The normalized spacial score (nSPS) is 17.5. The summed E-state index contributed by atoms with van der Waals surface area (Å²) in [5.41, 5.74) is 5.48. The lowest BCUT2D eigenvalue weighted by Crippen LogP contribution is -2.46. The third-order valence-corrected chi connectivity index (χ3v) is 3.77. The van der Waals surface area contributed by atoms with E-state index >= 15 is 0 Å². The Morgan fingerprint density at radius 3 is 2.80 bits per heavy atom. The quantitative estimate of drug-likeness (QED) is 0.718. The first kappa shape index (κ1) is 14.6. The molecule has 1 aromatic carbocycles. The van der Waals surface area contributed by atoms with E-state index in [1.165, 1.54) is 13.2 Å². The van der Waals surface area contributed by atoms with Crippen LogP contribution in [0.4, 0.5) is 5.69 Å². The zero-order valence-corrected chi connectivity index (χ0v) is 11.5. The molecule has 0 atom stereocenters. The number of carbonyl (C=O) groups is 1. The van der Waals surface area contributed by atoms with E-state index in [2.05, 4.69) is 5.32 Å². The van der Waals surface area contributed by atoms with Gasteiger partial charge in [0, 0.05) is 25.8 Å². The Balaban J connectivity index is 2.18. The first-order valence-corrected chi connectivity index (χ1v) is 6.57. The highest BCUT2D eigenvalue weighted by molar-refractivity contribution is 5.97. The molecule has 20 heavy (non-hydrogen) atoms. The van der Waals surface area contributed by atoms with Crippen LogP contribution >= 0.6 is 0 Å². The summed E-state index contributed by atoms with van der Waals surface area (Å²) in [4.78, 5) is 12.5. The van der Waals surface area contributed by atoms with E-state index in [1.54, 1.807) is 12.1 Å². The van der Waals surface area contributed by atoms with Gasteiger partial charge >= 0.3 is 0 Å². The fourth-order valence-electron chi connectivity index (χ4n) is 2.28. The lowest BCUT2D eigenvalue weighted by Gasteiger charge is -2.34. The van der Waals surface area contributed by atoms with Crippen LogP contribution in [-0.2, 0) is 9.53 Å². The molecule has 6 nitrogen and oxygen atoms in total. The minimum absolute atomic E-state index is 0.00150. The number of anilines is 1. The number of amides is 1. The predicted molar refractivity (Wildman–Crippen MR) is 74.8 cm³/mol. The number of rotatable bonds is 4. The van der Waals surface area contributed by atoms with E-state index in [4.69, 9.17) is 15.2 Å². The first-order valence-electron chi connectivity index (χ1n) is 6.57. The molecule has 1 saturated heterocycles. The maximum absolute atomic E-state index is 12.5. The third kappa shape index (κ3) is 2.86. The SMILES string of the molecule is COc1ccc(O)c(NC(=O)C2(CN)CCOCC2)c1. The van der Waals surface area contributed by atoms with Gasteiger partial charge in [-0.1, -0.05) is 0 Å². The molecule has 2 rings (SSSR count). The summed E-state index contributed by atoms with van der Waals surface area (Å²) in [6, 6.07) is 4.68. The molecule has 1 amide bonds. The molecule has 0 radical (unpaired) electrons. The fourth-order valence-corrected chi connectivity index (χ4v) is 2.28. The maximum Gasteiger partial charge on any atom is 0.232 e. The van der Waals surface area contributed by atoms with Crippen molar-refractivity contribution in [3.8, 4) is 11.5 Å². The highest BCUT2D eigenvalue weighted by Gasteiger charge is 2.39. The van der Waals surface area contributed by atoms with Crippen molar-refractivity contribution < 1.29 is 19.4 Å². The lowest BCUT2D eigenvalue weighted by atomic mass is 9.79. The minimum atomic E-state index is -0.631. The number of carbonyl (C=O) groups excluding carboxylic acids is 1. The summed E-state index contributed by atoms with van der Waals surface area (Å²) >= 11 is 0. The summed E-state index contributed by atoms with van der Waals surface area (Å²) in [7, 11) is 1.53. The number of hydrogen-bond donors (Lipinski definition) is 3. The standard InChI is InChI=1S/C14H20N2O4/c1-19-10-2-3-12(17)11(8-10)16-13(18)14(9-15)4-6-20-7-5-14/h2-3,8,17H,4-7,9,15H2,1H3,(H,16,18). The van der Waals surface area contributed by atoms with Crippen molar-refractivity contribution in [1.82, 2.24) is 0 Å². The number of hydrogen-bond acceptors (Lipinski definition) is 5. The average molecular weight is 280 g/mol. The molecule has 110 valence electrons. The highest BCUT2D eigenvalue weighted by Crippen LogP contribution is 2.33. The maximum atomic E-state index is 12.5. The first-order chi connectivity index (χ1) is 9.61. The van der Waals surface area contributed by atoms with Crippen LogP contribution in [-0.4, -0.2) is 37.9 Å². The number of nitrogens with two attached hydrogens (primary N) is 1. The van der Waals surface area contributed by atoms with Crippen molar-refractivity contribution >= 4 is 11.6 Å². The van der Waals surface area contributed by atoms with Crippen molar-refractivity contribution in [2.45, 2.75) is 12.8 Å². The number of nitrogens with one attached hydrogen (secondary N) is 1. The second kappa shape index (κ2) is 6.11. The van der Waals surface area contributed by atoms with Crippen LogP contribution in [0.15, 0.2) is 18.2 Å². The van der Waals surface area contributed by atoms with E-state index in [0.29, 0.717) is 37.5 Å². The van der Waals surface area contributed by atoms with Crippen LogP contribution in [0.1, 0.15) is 12.8 Å². The number of benzene rings is 1. The highest BCUT2D eigenvalue weighted by atomic mass is 16.5. The van der Waals surface area contributed by atoms with E-state index < -0.39 is 5.41 Å². The van der Waals surface area contributed by atoms with E-state index in [1.807, 2.05) is 0 Å². The molecule has 0 aliphatic carbocycles. The van der Waals surface area contributed by atoms with Gasteiger partial charge in [-0.05, 0) is 25.0 Å². The Hall–Kier alpha value is -1.79. The molecular weight excluding hydrogens is 260 g/mol. The summed E-state index contributed by atoms with van der Waals surface area (Å²) in [5, 5.41) is 12.6. The Bertz CT molecular complexity index is 484. The van der Waals surface area contributed by atoms with Crippen LogP contribution in [0.25, 0.3) is 0 Å². The summed E-state index contributed by atoms with van der Waals surface area (Å²) in [5.74, 6) is 0.372. The van der Waals surface area contributed by atoms with Crippen molar-refractivity contribution in [1.29, 1.82) is 0 Å². The van der Waals surface area contributed by atoms with Crippen LogP contribution in [0, 0.1) is 5.41 Å². The van der Waals surface area contributed by atoms with Gasteiger partial charge in [0.05, 0.1) is 18.2 Å². The molecule has 0 unspecified atom stereocenters. The Kier molecular flexibility index (Phi) is 4.46. The molecule has 1 aromatic rings. The number of aromatic hydroxyl groups is 1. The van der Waals surface area contributed by atoms with E-state index in [-0.39, 0.29) is 18.2 Å².